The van der Waals surface area contributed by atoms with E-state index in [0.29, 0.717) is 13.0 Å². The number of nitrogens with zero attached hydrogens (tertiary/aromatic N) is 2. The Morgan fingerprint density at radius 2 is 2.50 bits per heavy atom. The van der Waals surface area contributed by atoms with Gasteiger partial charge in [-0.3, -0.25) is 4.79 Å². The van der Waals surface area contributed by atoms with Crippen molar-refractivity contribution in [2.45, 2.75) is 26.3 Å². The highest BCUT2D eigenvalue weighted by Gasteiger charge is 2.01. The van der Waals surface area contributed by atoms with Crippen molar-refractivity contribution in [2.75, 3.05) is 6.61 Å². The molecule has 78 valence electrons. The number of hydrogen-bond acceptors (Lipinski definition) is 3. The molecule has 5 heteroatoms. The first kappa shape index (κ1) is 11.5. The molecule has 0 saturated heterocycles. The highest BCUT2D eigenvalue weighted by molar-refractivity contribution is 14.1. The van der Waals surface area contributed by atoms with Crippen molar-refractivity contribution in [3.05, 3.63) is 16.2 Å². The molecule has 0 N–H and O–H groups in total. The van der Waals surface area contributed by atoms with Crippen molar-refractivity contribution in [2.24, 2.45) is 0 Å². The smallest absolute Gasteiger partial charge is 0.305 e. The predicted molar refractivity (Wildman–Crippen MR) is 60.8 cm³/mol. The van der Waals surface area contributed by atoms with E-state index < -0.39 is 0 Å². The van der Waals surface area contributed by atoms with Crippen LogP contribution in [0.4, 0.5) is 0 Å². The monoisotopic (exact) mass is 308 g/mol. The quantitative estimate of drug-likeness (QED) is 0.616. The number of esters is 1. The third-order valence-corrected chi connectivity index (χ3v) is 2.26. The number of ether oxygens (including phenoxy) is 1. The molecular formula is C9H13IN2O2. The molecule has 0 atom stereocenters. The van der Waals surface area contributed by atoms with Crippen molar-refractivity contribution >= 4 is 28.6 Å². The second-order valence-electron chi connectivity index (χ2n) is 2.84. The number of rotatable bonds is 5. The van der Waals surface area contributed by atoms with Crippen molar-refractivity contribution in [3.63, 3.8) is 0 Å². The first-order valence-electron chi connectivity index (χ1n) is 4.55. The molecule has 0 spiro atoms. The lowest BCUT2D eigenvalue weighted by atomic mass is 10.3. The standard InChI is InChI=1S/C9H13IN2O2/c1-2-14-9(13)4-3-5-12-6-8(10)11-7-12/h6-7H,2-5H2,1H3. The summed E-state index contributed by atoms with van der Waals surface area (Å²) in [7, 11) is 0. The van der Waals surface area contributed by atoms with Crippen LogP contribution in [0.15, 0.2) is 12.5 Å². The molecule has 1 rings (SSSR count). The van der Waals surface area contributed by atoms with Crippen molar-refractivity contribution in [3.8, 4) is 0 Å². The number of aryl methyl sites for hydroxylation is 1. The Morgan fingerprint density at radius 3 is 3.07 bits per heavy atom. The number of carbonyl (C=O) groups excluding carboxylic acids is 1. The molecule has 0 aromatic carbocycles. The molecule has 0 saturated carbocycles. The van der Waals surface area contributed by atoms with Gasteiger partial charge in [0.2, 0.25) is 0 Å². The van der Waals surface area contributed by atoms with Crippen LogP contribution in [-0.2, 0) is 16.1 Å². The van der Waals surface area contributed by atoms with E-state index in [-0.39, 0.29) is 5.97 Å². The molecule has 0 aliphatic carbocycles. The summed E-state index contributed by atoms with van der Waals surface area (Å²) in [5, 5.41) is 0. The zero-order valence-corrected chi connectivity index (χ0v) is 10.2. The van der Waals surface area contributed by atoms with Crippen LogP contribution < -0.4 is 0 Å². The molecule has 0 aliphatic rings. The third kappa shape index (κ3) is 4.08. The summed E-state index contributed by atoms with van der Waals surface area (Å²) in [5.41, 5.74) is 0. The Kier molecular flexibility index (Phi) is 4.92. The molecule has 0 aliphatic heterocycles. The normalized spacial score (nSPS) is 10.1. The van der Waals surface area contributed by atoms with Gasteiger partial charge in [-0.15, -0.1) is 0 Å². The molecule has 1 heterocycles. The van der Waals surface area contributed by atoms with E-state index in [9.17, 15) is 4.79 Å². The summed E-state index contributed by atoms with van der Waals surface area (Å²) in [5.74, 6) is -0.123. The van der Waals surface area contributed by atoms with E-state index in [4.69, 9.17) is 4.74 Å². The minimum absolute atomic E-state index is 0.123. The third-order valence-electron chi connectivity index (χ3n) is 1.70. The van der Waals surface area contributed by atoms with E-state index in [1.807, 2.05) is 17.7 Å². The first-order chi connectivity index (χ1) is 6.72. The van der Waals surface area contributed by atoms with Crippen LogP contribution >= 0.6 is 22.6 Å². The lowest BCUT2D eigenvalue weighted by Gasteiger charge is -2.02. The fourth-order valence-corrected chi connectivity index (χ4v) is 1.58. The first-order valence-corrected chi connectivity index (χ1v) is 5.63. The molecule has 1 aromatic rings. The second-order valence-corrected chi connectivity index (χ2v) is 3.95. The van der Waals surface area contributed by atoms with Gasteiger partial charge in [0.1, 0.15) is 3.70 Å². The van der Waals surface area contributed by atoms with E-state index in [2.05, 4.69) is 27.6 Å². The Bertz CT molecular complexity index is 299. The van der Waals surface area contributed by atoms with Crippen molar-refractivity contribution in [1.82, 2.24) is 9.55 Å². The summed E-state index contributed by atoms with van der Waals surface area (Å²) in [6, 6.07) is 0. The number of carbonyl (C=O) groups is 1. The number of aromatic nitrogens is 2. The van der Waals surface area contributed by atoms with Gasteiger partial charge in [0.05, 0.1) is 12.9 Å². The van der Waals surface area contributed by atoms with Gasteiger partial charge in [-0.05, 0) is 35.9 Å². The lowest BCUT2D eigenvalue weighted by molar-refractivity contribution is -0.143. The minimum Gasteiger partial charge on any atom is -0.466 e. The van der Waals surface area contributed by atoms with Crippen LogP contribution in [-0.4, -0.2) is 22.1 Å². The van der Waals surface area contributed by atoms with E-state index in [1.165, 1.54) is 0 Å². The number of halogens is 1. The molecule has 1 aromatic heterocycles. The van der Waals surface area contributed by atoms with Gasteiger partial charge in [-0.1, -0.05) is 0 Å². The molecule has 0 unspecified atom stereocenters. The van der Waals surface area contributed by atoms with Gasteiger partial charge >= 0.3 is 5.97 Å². The van der Waals surface area contributed by atoms with Gasteiger partial charge in [0.25, 0.3) is 0 Å². The molecule has 0 amide bonds. The zero-order chi connectivity index (χ0) is 10.4. The second kappa shape index (κ2) is 6.00. The van der Waals surface area contributed by atoms with Crippen molar-refractivity contribution < 1.29 is 9.53 Å². The minimum atomic E-state index is -0.123. The van der Waals surface area contributed by atoms with Crippen LogP contribution in [0.1, 0.15) is 19.8 Å². The van der Waals surface area contributed by atoms with Gasteiger partial charge in [-0.25, -0.2) is 4.98 Å². The number of imidazole rings is 1. The average molecular weight is 308 g/mol. The lowest BCUT2D eigenvalue weighted by Crippen LogP contribution is -2.05. The zero-order valence-electron chi connectivity index (χ0n) is 8.07. The summed E-state index contributed by atoms with van der Waals surface area (Å²) in [6.07, 6.45) is 4.99. The van der Waals surface area contributed by atoms with Gasteiger partial charge in [0.15, 0.2) is 0 Å². The topological polar surface area (TPSA) is 44.1 Å². The Hall–Kier alpha value is -0.590. The van der Waals surface area contributed by atoms with E-state index >= 15 is 0 Å². The van der Waals surface area contributed by atoms with Gasteiger partial charge in [-0.2, -0.15) is 0 Å². The van der Waals surface area contributed by atoms with Crippen LogP contribution in [0, 0.1) is 3.70 Å². The van der Waals surface area contributed by atoms with Gasteiger partial charge in [0, 0.05) is 19.2 Å². The molecule has 0 fully saturated rings. The Balaban J connectivity index is 2.18. The fraction of sp³-hybridized carbons (Fsp3) is 0.556. The number of hydrogen-bond donors (Lipinski definition) is 0. The summed E-state index contributed by atoms with van der Waals surface area (Å²) in [6.45, 7) is 3.09. The Labute approximate surface area is 96.8 Å². The maximum atomic E-state index is 11.0. The van der Waals surface area contributed by atoms with Gasteiger partial charge < -0.3 is 9.30 Å². The molecule has 0 bridgehead atoms. The van der Waals surface area contributed by atoms with E-state index in [0.717, 1.165) is 16.7 Å². The maximum absolute atomic E-state index is 11.0. The fourth-order valence-electron chi connectivity index (χ4n) is 1.09. The summed E-state index contributed by atoms with van der Waals surface area (Å²) >= 11 is 2.16. The van der Waals surface area contributed by atoms with E-state index in [1.54, 1.807) is 6.33 Å². The van der Waals surface area contributed by atoms with Crippen LogP contribution in [0.5, 0.6) is 0 Å². The summed E-state index contributed by atoms with van der Waals surface area (Å²) in [4.78, 5) is 15.1. The SMILES string of the molecule is CCOC(=O)CCCn1cnc(I)c1. The van der Waals surface area contributed by atoms with Crippen molar-refractivity contribution in [1.29, 1.82) is 0 Å². The maximum Gasteiger partial charge on any atom is 0.305 e. The highest BCUT2D eigenvalue weighted by Crippen LogP contribution is 2.02. The van der Waals surface area contributed by atoms with Crippen LogP contribution in [0.25, 0.3) is 0 Å². The Morgan fingerprint density at radius 1 is 1.71 bits per heavy atom. The molecule has 0 radical (unpaired) electrons. The average Bonchev–Trinajstić information content (AvgIpc) is 2.52. The summed E-state index contributed by atoms with van der Waals surface area (Å²) < 4.78 is 7.76. The van der Waals surface area contributed by atoms with Crippen LogP contribution in [0.3, 0.4) is 0 Å². The molecule has 14 heavy (non-hydrogen) atoms. The molecular weight excluding hydrogens is 295 g/mol. The predicted octanol–water partition coefficient (Wildman–Crippen LogP) is 1.83. The van der Waals surface area contributed by atoms with Crippen LogP contribution in [0.2, 0.25) is 0 Å². The molecule has 4 nitrogen and oxygen atoms in total. The highest BCUT2D eigenvalue weighted by atomic mass is 127. The largest absolute Gasteiger partial charge is 0.466 e.